The Morgan fingerprint density at radius 2 is 1.91 bits per heavy atom. The molecule has 3 aromatic rings. The zero-order valence-electron chi connectivity index (χ0n) is 19.5. The first kappa shape index (κ1) is 25.6. The van der Waals surface area contributed by atoms with Gasteiger partial charge in [0.25, 0.3) is 11.6 Å². The average molecular weight is 543 g/mol. The fourth-order valence-electron chi connectivity index (χ4n) is 3.59. The third-order valence-corrected chi connectivity index (χ3v) is 5.67. The van der Waals surface area contributed by atoms with Crippen LogP contribution < -0.4 is 10.2 Å². The Balaban J connectivity index is 1.88. The van der Waals surface area contributed by atoms with Crippen LogP contribution in [-0.4, -0.2) is 41.3 Å². The van der Waals surface area contributed by atoms with Gasteiger partial charge < -0.3 is 14.0 Å². The third-order valence-electron chi connectivity index (χ3n) is 5.18. The van der Waals surface area contributed by atoms with Crippen molar-refractivity contribution in [2.75, 3.05) is 13.7 Å². The van der Waals surface area contributed by atoms with Crippen molar-refractivity contribution in [2.45, 2.75) is 20.8 Å². The van der Waals surface area contributed by atoms with Crippen molar-refractivity contribution in [2.24, 2.45) is 5.10 Å². The number of aromatic nitrogens is 1. The Hall–Kier alpha value is -3.99. The van der Waals surface area contributed by atoms with Gasteiger partial charge in [-0.3, -0.25) is 14.9 Å². The number of hydrogen-bond donors (Lipinski definition) is 1. The highest BCUT2D eigenvalue weighted by molar-refractivity contribution is 9.10. The number of nitrogens with one attached hydrogen (secondary N) is 1. The predicted molar refractivity (Wildman–Crippen MR) is 134 cm³/mol. The number of benzene rings is 2. The first-order valence-corrected chi connectivity index (χ1v) is 11.3. The minimum atomic E-state index is -0.752. The molecule has 2 aromatic carbocycles. The summed E-state index contributed by atoms with van der Waals surface area (Å²) >= 11 is 3.33. The lowest BCUT2D eigenvalue weighted by Crippen LogP contribution is -2.18. The Morgan fingerprint density at radius 1 is 1.17 bits per heavy atom. The minimum Gasteiger partial charge on any atom is -0.496 e. The van der Waals surface area contributed by atoms with Crippen molar-refractivity contribution >= 4 is 39.7 Å². The number of halogens is 1. The number of nitrogens with zero attached hydrogens (tertiary/aromatic N) is 3. The SMILES string of the molecule is CCOC(=O)c1ccc(-n2c(C)cc(/C=N\NC(=O)c3cc(Br)ccc3OC)c2C)cc1[N+](=O)[O-]. The number of carbonyl (C=O) groups excluding carboxylic acids is 2. The Bertz CT molecular complexity index is 1330. The van der Waals surface area contributed by atoms with Gasteiger partial charge in [0, 0.05) is 27.5 Å². The minimum absolute atomic E-state index is 0.112. The molecule has 0 bridgehead atoms. The smallest absolute Gasteiger partial charge is 0.345 e. The molecule has 0 fully saturated rings. The summed E-state index contributed by atoms with van der Waals surface area (Å²) in [5.74, 6) is -0.789. The van der Waals surface area contributed by atoms with Crippen LogP contribution >= 0.6 is 15.9 Å². The molecule has 0 saturated carbocycles. The van der Waals surface area contributed by atoms with E-state index in [-0.39, 0.29) is 17.9 Å². The quantitative estimate of drug-likeness (QED) is 0.190. The Labute approximate surface area is 209 Å². The maximum absolute atomic E-state index is 12.5. The van der Waals surface area contributed by atoms with Crippen LogP contribution in [0.25, 0.3) is 5.69 Å². The lowest BCUT2D eigenvalue weighted by Gasteiger charge is -2.11. The van der Waals surface area contributed by atoms with E-state index in [0.717, 1.165) is 15.9 Å². The number of nitro groups is 1. The second-order valence-corrected chi connectivity index (χ2v) is 8.30. The number of carbonyl (C=O) groups is 2. The van der Waals surface area contributed by atoms with E-state index in [4.69, 9.17) is 9.47 Å². The molecule has 0 aliphatic rings. The van der Waals surface area contributed by atoms with Crippen LogP contribution in [0.3, 0.4) is 0 Å². The maximum Gasteiger partial charge on any atom is 0.345 e. The van der Waals surface area contributed by atoms with Crippen molar-refractivity contribution in [3.8, 4) is 11.4 Å². The van der Waals surface area contributed by atoms with Crippen molar-refractivity contribution in [1.29, 1.82) is 0 Å². The third kappa shape index (κ3) is 5.57. The van der Waals surface area contributed by atoms with Gasteiger partial charge in [-0.25, -0.2) is 10.2 Å². The van der Waals surface area contributed by atoms with Gasteiger partial charge in [0.2, 0.25) is 0 Å². The summed E-state index contributed by atoms with van der Waals surface area (Å²) in [6.45, 7) is 5.39. The molecule has 1 aromatic heterocycles. The highest BCUT2D eigenvalue weighted by Crippen LogP contribution is 2.27. The van der Waals surface area contributed by atoms with Crippen molar-refractivity contribution in [3.63, 3.8) is 0 Å². The number of aryl methyl sites for hydroxylation is 1. The number of methoxy groups -OCH3 is 1. The number of amides is 1. The molecule has 11 heteroatoms. The van der Waals surface area contributed by atoms with Gasteiger partial charge in [-0.15, -0.1) is 0 Å². The van der Waals surface area contributed by atoms with Crippen molar-refractivity contribution in [3.05, 3.63) is 85.1 Å². The van der Waals surface area contributed by atoms with Crippen LogP contribution in [0, 0.1) is 24.0 Å². The molecule has 0 atom stereocenters. The summed E-state index contributed by atoms with van der Waals surface area (Å²) in [6.07, 6.45) is 1.49. The maximum atomic E-state index is 12.5. The number of hydrazone groups is 1. The van der Waals surface area contributed by atoms with Crippen LogP contribution in [0.1, 0.15) is 44.6 Å². The van der Waals surface area contributed by atoms with E-state index in [1.165, 1.54) is 25.5 Å². The fraction of sp³-hybridized carbons (Fsp3) is 0.208. The van der Waals surface area contributed by atoms with E-state index in [1.54, 1.807) is 35.8 Å². The predicted octanol–water partition coefficient (Wildman–Crippen LogP) is 4.71. The molecule has 0 radical (unpaired) electrons. The highest BCUT2D eigenvalue weighted by atomic mass is 79.9. The largest absolute Gasteiger partial charge is 0.496 e. The van der Waals surface area contributed by atoms with Gasteiger partial charge in [0.15, 0.2) is 0 Å². The lowest BCUT2D eigenvalue weighted by atomic mass is 10.1. The molecular formula is C24H23BrN4O6. The number of hydrogen-bond acceptors (Lipinski definition) is 7. The summed E-state index contributed by atoms with van der Waals surface area (Å²) in [4.78, 5) is 35.6. The monoisotopic (exact) mass is 542 g/mol. The fourth-order valence-corrected chi connectivity index (χ4v) is 3.95. The van der Waals surface area contributed by atoms with Gasteiger partial charge in [-0.1, -0.05) is 15.9 Å². The van der Waals surface area contributed by atoms with Gasteiger partial charge >= 0.3 is 5.97 Å². The topological polar surface area (TPSA) is 125 Å². The first-order valence-electron chi connectivity index (χ1n) is 10.5. The van der Waals surface area contributed by atoms with Crippen LogP contribution in [0.4, 0.5) is 5.69 Å². The van der Waals surface area contributed by atoms with E-state index < -0.39 is 16.8 Å². The molecule has 1 heterocycles. The van der Waals surface area contributed by atoms with Crippen molar-refractivity contribution < 1.29 is 24.0 Å². The molecule has 1 N–H and O–H groups in total. The average Bonchev–Trinajstić information content (AvgIpc) is 3.11. The molecule has 10 nitrogen and oxygen atoms in total. The van der Waals surface area contributed by atoms with Crippen LogP contribution in [-0.2, 0) is 4.74 Å². The summed E-state index contributed by atoms with van der Waals surface area (Å²) in [5, 5.41) is 15.7. The number of nitro benzene ring substituents is 1. The van der Waals surface area contributed by atoms with E-state index in [0.29, 0.717) is 22.6 Å². The second-order valence-electron chi connectivity index (χ2n) is 7.38. The molecule has 182 valence electrons. The number of esters is 1. The Morgan fingerprint density at radius 3 is 2.57 bits per heavy atom. The van der Waals surface area contributed by atoms with Crippen LogP contribution in [0.5, 0.6) is 5.75 Å². The zero-order valence-corrected chi connectivity index (χ0v) is 21.1. The van der Waals surface area contributed by atoms with Crippen molar-refractivity contribution in [1.82, 2.24) is 9.99 Å². The van der Waals surface area contributed by atoms with Crippen LogP contribution in [0.15, 0.2) is 52.0 Å². The molecule has 35 heavy (non-hydrogen) atoms. The van der Waals surface area contributed by atoms with Gasteiger partial charge in [-0.2, -0.15) is 5.10 Å². The van der Waals surface area contributed by atoms with Gasteiger partial charge in [0.05, 0.1) is 36.1 Å². The van der Waals surface area contributed by atoms with E-state index in [1.807, 2.05) is 19.9 Å². The van der Waals surface area contributed by atoms with E-state index >= 15 is 0 Å². The summed E-state index contributed by atoms with van der Waals surface area (Å²) in [7, 11) is 1.47. The van der Waals surface area contributed by atoms with E-state index in [9.17, 15) is 19.7 Å². The van der Waals surface area contributed by atoms with Gasteiger partial charge in [0.1, 0.15) is 11.3 Å². The Kier molecular flexibility index (Phi) is 8.02. The number of ether oxygens (including phenoxy) is 2. The first-order chi connectivity index (χ1) is 16.7. The standard InChI is InChI=1S/C24H23BrN4O6/c1-5-35-24(31)19-8-7-18(12-21(19)29(32)33)28-14(2)10-16(15(28)3)13-26-27-23(30)20-11-17(25)6-9-22(20)34-4/h6-13H,5H2,1-4H3,(H,27,30)/b26-13-. The molecular weight excluding hydrogens is 520 g/mol. The molecule has 3 rings (SSSR count). The molecule has 0 aliphatic heterocycles. The normalized spacial score (nSPS) is 10.9. The molecule has 0 saturated heterocycles. The van der Waals surface area contributed by atoms with E-state index in [2.05, 4.69) is 26.5 Å². The molecule has 0 unspecified atom stereocenters. The second kappa shape index (κ2) is 11.0. The van der Waals surface area contributed by atoms with Crippen LogP contribution in [0.2, 0.25) is 0 Å². The highest BCUT2D eigenvalue weighted by Gasteiger charge is 2.23. The number of rotatable bonds is 8. The summed E-state index contributed by atoms with van der Waals surface area (Å²) in [5.41, 5.74) is 5.05. The zero-order chi connectivity index (χ0) is 25.7. The van der Waals surface area contributed by atoms with Gasteiger partial charge in [-0.05, 0) is 57.2 Å². The molecule has 0 aliphatic carbocycles. The summed E-state index contributed by atoms with van der Waals surface area (Å²) < 4.78 is 12.7. The molecule has 1 amide bonds. The summed E-state index contributed by atoms with van der Waals surface area (Å²) in [6, 6.07) is 11.2. The molecule has 0 spiro atoms. The lowest BCUT2D eigenvalue weighted by molar-refractivity contribution is -0.385.